The normalized spacial score (nSPS) is 29.9. The van der Waals surface area contributed by atoms with Crippen molar-refractivity contribution < 1.29 is 39.1 Å². The molecule has 2 aromatic rings. The first-order chi connectivity index (χ1) is 13.9. The fraction of sp³-hybridized carbons (Fsp3) is 0.562. The number of aliphatic hydroxyl groups is 3. The Hall–Kier alpha value is -2.39. The zero-order chi connectivity index (χ0) is 22.4. The van der Waals surface area contributed by atoms with Crippen LogP contribution < -0.4 is 5.73 Å². The topological polar surface area (TPSA) is 192 Å². The van der Waals surface area contributed by atoms with E-state index in [-0.39, 0.29) is 17.0 Å². The minimum atomic E-state index is -2.80. The lowest BCUT2D eigenvalue weighted by molar-refractivity contribution is -0.270. The number of hydrogen-bond donors (Lipinski definition) is 4. The lowest BCUT2D eigenvalue weighted by atomic mass is 10.1. The Balaban J connectivity index is 2.08. The molecule has 13 nitrogen and oxygen atoms in total. The Morgan fingerprint density at radius 3 is 2.60 bits per heavy atom. The summed E-state index contributed by atoms with van der Waals surface area (Å²) in [7, 11) is 0. The summed E-state index contributed by atoms with van der Waals surface area (Å²) in [5.74, 6) is -5.13. The number of hydrogen-bond acceptors (Lipinski definition) is 12. The highest BCUT2D eigenvalue weighted by Gasteiger charge is 2.71. The molecule has 30 heavy (non-hydrogen) atoms. The molecule has 1 unspecified atom stereocenters. The van der Waals surface area contributed by atoms with Gasteiger partial charge in [-0.3, -0.25) is 14.2 Å². The van der Waals surface area contributed by atoms with Gasteiger partial charge < -0.3 is 35.3 Å². The fourth-order valence-electron chi connectivity index (χ4n) is 2.91. The lowest BCUT2D eigenvalue weighted by Gasteiger charge is -2.36. The number of anilines is 1. The summed E-state index contributed by atoms with van der Waals surface area (Å²) in [6.07, 6.45) is -3.21. The Morgan fingerprint density at radius 2 is 2.00 bits per heavy atom. The van der Waals surface area contributed by atoms with Crippen LogP contribution in [0.3, 0.4) is 0 Å². The first-order valence-corrected chi connectivity index (χ1v) is 9.49. The molecule has 1 aliphatic heterocycles. The highest BCUT2D eigenvalue weighted by Crippen LogP contribution is 2.51. The predicted molar refractivity (Wildman–Crippen MR) is 101 cm³/mol. The van der Waals surface area contributed by atoms with Gasteiger partial charge in [-0.1, -0.05) is 13.8 Å². The summed E-state index contributed by atoms with van der Waals surface area (Å²) in [4.78, 5) is 35.4. The number of esters is 2. The smallest absolute Gasteiger partial charge is 0.310 e. The molecule has 2 aromatic heterocycles. The van der Waals surface area contributed by atoms with Gasteiger partial charge in [0.15, 0.2) is 17.6 Å². The molecule has 0 spiro atoms. The van der Waals surface area contributed by atoms with Gasteiger partial charge in [-0.2, -0.15) is 0 Å². The Labute approximate surface area is 177 Å². The maximum absolute atomic E-state index is 11.9. The standard InChI is InChI=1S/C16H20BrN5O8/c1-6(2)12(24)29-13(25)9-15(17,26)16(27,30-7(3)23)14(28-9)22-5-21-8-10(18)19-4-20-11(8)22/h4-6,9,13-14,25-27H,1-3H3,(H2,18,19,20)/t9-,13?,14-,15-,16-/m1/s1. The van der Waals surface area contributed by atoms with Crippen molar-refractivity contribution in [2.24, 2.45) is 5.92 Å². The zero-order valence-electron chi connectivity index (χ0n) is 16.1. The van der Waals surface area contributed by atoms with E-state index in [0.717, 1.165) is 24.1 Å². The average molecular weight is 490 g/mol. The number of carbonyl (C=O) groups excluding carboxylic acids is 2. The van der Waals surface area contributed by atoms with Crippen molar-refractivity contribution in [3.05, 3.63) is 12.7 Å². The second-order valence-electron chi connectivity index (χ2n) is 6.94. The summed E-state index contributed by atoms with van der Waals surface area (Å²) in [5, 5.41) is 32.5. The summed E-state index contributed by atoms with van der Waals surface area (Å²) >= 11 is 2.85. The summed E-state index contributed by atoms with van der Waals surface area (Å²) in [5.41, 5.74) is 5.99. The second kappa shape index (κ2) is 7.70. The van der Waals surface area contributed by atoms with Gasteiger partial charge >= 0.3 is 11.9 Å². The number of halogens is 1. The number of aliphatic hydroxyl groups excluding tert-OH is 1. The van der Waals surface area contributed by atoms with Crippen LogP contribution in [0.5, 0.6) is 0 Å². The number of nitrogens with two attached hydrogens (primary N) is 1. The highest BCUT2D eigenvalue weighted by atomic mass is 79.9. The van der Waals surface area contributed by atoms with Crippen LogP contribution in [0, 0.1) is 5.92 Å². The molecule has 5 N–H and O–H groups in total. The van der Waals surface area contributed by atoms with Crippen LogP contribution in [-0.4, -0.2) is 69.5 Å². The van der Waals surface area contributed by atoms with Crippen LogP contribution in [0.25, 0.3) is 11.2 Å². The van der Waals surface area contributed by atoms with E-state index >= 15 is 0 Å². The van der Waals surface area contributed by atoms with Crippen LogP contribution in [0.1, 0.15) is 27.0 Å². The quantitative estimate of drug-likeness (QED) is 0.231. The number of nitrogens with zero attached hydrogens (tertiary/aromatic N) is 4. The summed E-state index contributed by atoms with van der Waals surface area (Å²) < 4.78 is 14.0. The number of alkyl halides is 1. The van der Waals surface area contributed by atoms with Crippen molar-refractivity contribution in [1.29, 1.82) is 0 Å². The number of ether oxygens (including phenoxy) is 3. The SMILES string of the molecule is CC(=O)O[C@]1(O)[C@H](n2cnc3c(N)ncnc32)O[C@H](C(O)OC(=O)C(C)C)[C@]1(O)Br. The van der Waals surface area contributed by atoms with Crippen LogP contribution in [-0.2, 0) is 23.8 Å². The molecular weight excluding hydrogens is 470 g/mol. The molecule has 3 rings (SSSR count). The maximum atomic E-state index is 11.9. The molecule has 1 saturated heterocycles. The van der Waals surface area contributed by atoms with Gasteiger partial charge in [-0.25, -0.2) is 15.0 Å². The molecule has 0 bridgehead atoms. The van der Waals surface area contributed by atoms with E-state index in [4.69, 9.17) is 19.9 Å². The Kier molecular flexibility index (Phi) is 5.72. The minimum absolute atomic E-state index is 0.0318. The molecular formula is C16H20BrN5O8. The number of fused-ring (bicyclic) bond motifs is 1. The number of nitrogen functional groups attached to an aromatic ring is 1. The van der Waals surface area contributed by atoms with Crippen molar-refractivity contribution in [1.82, 2.24) is 19.5 Å². The van der Waals surface area contributed by atoms with E-state index in [1.807, 2.05) is 0 Å². The average Bonchev–Trinajstić information content (AvgIpc) is 3.13. The van der Waals surface area contributed by atoms with Crippen molar-refractivity contribution in [2.75, 3.05) is 5.73 Å². The van der Waals surface area contributed by atoms with Crippen LogP contribution in [0.2, 0.25) is 0 Å². The molecule has 0 radical (unpaired) electrons. The van der Waals surface area contributed by atoms with Gasteiger partial charge in [0.2, 0.25) is 17.0 Å². The third kappa shape index (κ3) is 3.50. The summed E-state index contributed by atoms with van der Waals surface area (Å²) in [6, 6.07) is 0. The second-order valence-corrected chi connectivity index (χ2v) is 8.15. The molecule has 0 aromatic carbocycles. The monoisotopic (exact) mass is 489 g/mol. The van der Waals surface area contributed by atoms with Gasteiger partial charge in [-0.15, -0.1) is 0 Å². The van der Waals surface area contributed by atoms with E-state index in [1.54, 1.807) is 0 Å². The molecule has 1 fully saturated rings. The van der Waals surface area contributed by atoms with Crippen molar-refractivity contribution in [3.63, 3.8) is 0 Å². The van der Waals surface area contributed by atoms with Gasteiger partial charge in [0.1, 0.15) is 11.8 Å². The highest BCUT2D eigenvalue weighted by molar-refractivity contribution is 9.10. The maximum Gasteiger partial charge on any atom is 0.310 e. The van der Waals surface area contributed by atoms with E-state index < -0.39 is 46.8 Å². The molecule has 14 heteroatoms. The Morgan fingerprint density at radius 1 is 1.33 bits per heavy atom. The number of carbonyl (C=O) groups is 2. The van der Waals surface area contributed by atoms with E-state index in [9.17, 15) is 24.9 Å². The van der Waals surface area contributed by atoms with Crippen molar-refractivity contribution in [2.45, 2.75) is 49.7 Å². The molecule has 0 saturated carbocycles. The van der Waals surface area contributed by atoms with Crippen LogP contribution >= 0.6 is 15.9 Å². The minimum Gasteiger partial charge on any atom is -0.433 e. The fourth-order valence-corrected chi connectivity index (χ4v) is 3.52. The van der Waals surface area contributed by atoms with Crippen molar-refractivity contribution in [3.8, 4) is 0 Å². The third-order valence-corrected chi connectivity index (χ3v) is 5.42. The lowest BCUT2D eigenvalue weighted by Crippen LogP contribution is -2.58. The van der Waals surface area contributed by atoms with E-state index in [1.165, 1.54) is 13.8 Å². The zero-order valence-corrected chi connectivity index (χ0v) is 17.7. The molecule has 1 aliphatic rings. The van der Waals surface area contributed by atoms with Gasteiger partial charge in [0.05, 0.1) is 12.2 Å². The molecule has 164 valence electrons. The van der Waals surface area contributed by atoms with Gasteiger partial charge in [0.25, 0.3) is 5.79 Å². The molecule has 5 atom stereocenters. The van der Waals surface area contributed by atoms with Gasteiger partial charge in [-0.05, 0) is 15.9 Å². The van der Waals surface area contributed by atoms with Crippen LogP contribution in [0.15, 0.2) is 12.7 Å². The van der Waals surface area contributed by atoms with Crippen LogP contribution in [0.4, 0.5) is 5.82 Å². The van der Waals surface area contributed by atoms with E-state index in [2.05, 4.69) is 30.9 Å². The first kappa shape index (κ1) is 22.3. The number of imidazole rings is 1. The largest absolute Gasteiger partial charge is 0.433 e. The molecule has 0 amide bonds. The first-order valence-electron chi connectivity index (χ1n) is 8.70. The Bertz CT molecular complexity index is 982. The number of aromatic nitrogens is 4. The summed E-state index contributed by atoms with van der Waals surface area (Å²) in [6.45, 7) is 4.06. The predicted octanol–water partition coefficient (Wildman–Crippen LogP) is -0.841. The third-order valence-electron chi connectivity index (χ3n) is 4.40. The molecule has 0 aliphatic carbocycles. The van der Waals surface area contributed by atoms with Gasteiger partial charge in [0, 0.05) is 6.92 Å². The molecule has 3 heterocycles. The van der Waals surface area contributed by atoms with E-state index in [0.29, 0.717) is 0 Å². The number of rotatable bonds is 5. The van der Waals surface area contributed by atoms with Crippen molar-refractivity contribution >= 4 is 44.9 Å².